The molecule has 0 bridgehead atoms. The fourth-order valence-electron chi connectivity index (χ4n) is 6.28. The number of pyridine rings is 2. The van der Waals surface area contributed by atoms with Crippen molar-refractivity contribution in [1.82, 2.24) is 59.3 Å². The molecule has 6 aromatic heterocycles. The van der Waals surface area contributed by atoms with Crippen LogP contribution in [-0.4, -0.2) is 144 Å². The van der Waals surface area contributed by atoms with Crippen LogP contribution in [-0.2, 0) is 9.59 Å². The fourth-order valence-corrected chi connectivity index (χ4v) is 7.27. The maximum absolute atomic E-state index is 12.4. The number of fused-ring (bicyclic) bond motifs is 2. The highest BCUT2D eigenvalue weighted by atomic mass is 127. The summed E-state index contributed by atoms with van der Waals surface area (Å²) in [5.74, 6) is 1.55. The largest absolute Gasteiger partial charge is 0.488 e. The minimum absolute atomic E-state index is 0.119. The van der Waals surface area contributed by atoms with Crippen LogP contribution in [0.1, 0.15) is 0 Å². The van der Waals surface area contributed by atoms with Gasteiger partial charge in [-0.15, -0.1) is 0 Å². The summed E-state index contributed by atoms with van der Waals surface area (Å²) in [5, 5.41) is 29.0. The smallest absolute Gasteiger partial charge is 0.423 e. The lowest BCUT2D eigenvalue weighted by molar-refractivity contribution is -0.114. The van der Waals surface area contributed by atoms with Gasteiger partial charge in [0.15, 0.2) is 22.9 Å². The first-order valence-corrected chi connectivity index (χ1v) is 22.9. The van der Waals surface area contributed by atoms with Crippen molar-refractivity contribution in [2.24, 2.45) is 0 Å². The van der Waals surface area contributed by atoms with Crippen molar-refractivity contribution in [1.29, 1.82) is 0 Å². The van der Waals surface area contributed by atoms with E-state index in [0.717, 1.165) is 5.56 Å². The second kappa shape index (κ2) is 24.1. The van der Waals surface area contributed by atoms with E-state index in [0.29, 0.717) is 94.7 Å². The van der Waals surface area contributed by atoms with E-state index in [1.165, 1.54) is 22.5 Å². The van der Waals surface area contributed by atoms with Crippen molar-refractivity contribution in [3.05, 3.63) is 136 Å². The number of halogens is 3. The van der Waals surface area contributed by atoms with E-state index in [1.54, 1.807) is 103 Å². The fraction of sp³-hybridized carbons (Fsp3) is 0.174. The lowest BCUT2D eigenvalue weighted by Crippen LogP contribution is -2.29. The quantitative estimate of drug-likeness (QED) is 0.0736. The van der Waals surface area contributed by atoms with Crippen LogP contribution >= 0.6 is 45.8 Å². The first-order chi connectivity index (χ1) is 33.4. The standard InChI is InChI=1S/C23H23ClN8O.C17H19IN8O.C6H6BClO2/c1-30(2)12-4-5-19(33)31(3)17-10-11-18(26-13-17)32-23-20(22(25)27-14-28-23)21(29-32)15-6-8-16(24)9-7-15;1-24(2)8-4-5-13(27)25(3)11-6-7-12(20-9-11)26-17-14(15(18)23-26)16(19)21-10-22-17;8-6-3-1-5(2-4-6)7(9)10/h4-11,13-14H,12H2,1-3H3,(H2,25,27,28);4-7,9-10H,8H2,1-3H3,(H2,19,21,22);1-4,9-10H/b2*5-4+;. The van der Waals surface area contributed by atoms with Crippen LogP contribution in [0.25, 0.3) is 45.0 Å². The Bertz CT molecular complexity index is 3120. The summed E-state index contributed by atoms with van der Waals surface area (Å²) in [5.41, 5.74) is 16.4. The second-order valence-electron chi connectivity index (χ2n) is 15.7. The van der Waals surface area contributed by atoms with E-state index < -0.39 is 7.12 Å². The Balaban J connectivity index is 0.000000194. The zero-order valence-corrected chi connectivity index (χ0v) is 42.5. The maximum atomic E-state index is 12.4. The zero-order chi connectivity index (χ0) is 50.6. The molecule has 0 aliphatic carbocycles. The molecule has 0 saturated heterocycles. The average Bonchev–Trinajstić information content (AvgIpc) is 3.91. The third-order valence-electron chi connectivity index (χ3n) is 10.0. The number of nitrogens with zero attached hydrogens (tertiary/aromatic N) is 14. The summed E-state index contributed by atoms with van der Waals surface area (Å²) < 4.78 is 3.92. The number of benzene rings is 2. The second-order valence-corrected chi connectivity index (χ2v) is 17.6. The maximum Gasteiger partial charge on any atom is 0.488 e. The molecule has 0 aliphatic heterocycles. The normalized spacial score (nSPS) is 11.3. The highest BCUT2D eigenvalue weighted by Gasteiger charge is 2.20. The van der Waals surface area contributed by atoms with E-state index >= 15 is 0 Å². The minimum Gasteiger partial charge on any atom is -0.423 e. The molecule has 0 saturated carbocycles. The number of amides is 2. The van der Waals surface area contributed by atoms with Gasteiger partial charge in [-0.05, 0) is 105 Å². The van der Waals surface area contributed by atoms with E-state index in [4.69, 9.17) is 49.8 Å². The summed E-state index contributed by atoms with van der Waals surface area (Å²) in [6.45, 7) is 1.39. The first-order valence-electron chi connectivity index (χ1n) is 21.1. The Morgan fingerprint density at radius 1 is 0.629 bits per heavy atom. The minimum atomic E-state index is -1.41. The molecular weight excluding hydrogens is 1050 g/mol. The Labute approximate surface area is 427 Å². The van der Waals surface area contributed by atoms with Crippen LogP contribution in [0.5, 0.6) is 0 Å². The van der Waals surface area contributed by atoms with Gasteiger partial charge in [-0.1, -0.05) is 59.6 Å². The lowest BCUT2D eigenvalue weighted by atomic mass is 9.81. The van der Waals surface area contributed by atoms with Crippen molar-refractivity contribution < 1.29 is 19.6 Å². The topological polar surface area (TPSA) is 253 Å². The predicted octanol–water partition coefficient (Wildman–Crippen LogP) is 4.69. The molecular formula is C46H48BCl2IN16O4. The molecule has 8 aromatic rings. The van der Waals surface area contributed by atoms with Gasteiger partial charge in [-0.2, -0.15) is 19.6 Å². The number of carbonyl (C=O) groups excluding carboxylic acids is 2. The molecule has 70 heavy (non-hydrogen) atoms. The number of carbonyl (C=O) groups is 2. The molecule has 6 heterocycles. The van der Waals surface area contributed by atoms with Gasteiger partial charge in [-0.25, -0.2) is 29.9 Å². The SMILES string of the molecule is CN(C)C/C=C/C(=O)N(C)c1ccc(-n2nc(-c3ccc(Cl)cc3)c3c(N)ncnc32)nc1.CN(C)C/C=C/C(=O)N(C)c1ccc(-n2nc(I)c3c(N)ncnc32)nc1.OB(O)c1ccc(Cl)cc1. The van der Waals surface area contributed by atoms with Gasteiger partial charge in [0.25, 0.3) is 0 Å². The Morgan fingerprint density at radius 3 is 1.51 bits per heavy atom. The molecule has 8 rings (SSSR count). The predicted molar refractivity (Wildman–Crippen MR) is 284 cm³/mol. The monoisotopic (exact) mass is 1100 g/mol. The number of hydrogen-bond donors (Lipinski definition) is 4. The van der Waals surface area contributed by atoms with E-state index in [1.807, 2.05) is 68.3 Å². The van der Waals surface area contributed by atoms with Crippen molar-refractivity contribution in [3.8, 4) is 22.9 Å². The molecule has 0 atom stereocenters. The molecule has 0 fully saturated rings. The van der Waals surface area contributed by atoms with Gasteiger partial charge in [0.05, 0.1) is 34.5 Å². The molecule has 6 N–H and O–H groups in total. The summed E-state index contributed by atoms with van der Waals surface area (Å²) in [4.78, 5) is 57.4. The molecule has 2 aromatic carbocycles. The molecule has 360 valence electrons. The summed E-state index contributed by atoms with van der Waals surface area (Å²) in [6, 6.07) is 20.8. The Morgan fingerprint density at radius 2 is 1.07 bits per heavy atom. The van der Waals surface area contributed by atoms with Gasteiger partial charge >= 0.3 is 7.12 Å². The molecule has 0 radical (unpaired) electrons. The van der Waals surface area contributed by atoms with Gasteiger partial charge in [-0.3, -0.25) is 9.59 Å². The summed E-state index contributed by atoms with van der Waals surface area (Å²) >= 11 is 13.7. The van der Waals surface area contributed by atoms with Crippen LogP contribution in [0.15, 0.2) is 122 Å². The van der Waals surface area contributed by atoms with Crippen molar-refractivity contribution >= 4 is 115 Å². The number of likely N-dealkylation sites (N-methyl/N-ethyl adjacent to an activating group) is 4. The van der Waals surface area contributed by atoms with Crippen molar-refractivity contribution in [3.63, 3.8) is 0 Å². The third-order valence-corrected chi connectivity index (χ3v) is 11.3. The summed E-state index contributed by atoms with van der Waals surface area (Å²) in [6.07, 6.45) is 12.8. The number of rotatable bonds is 12. The van der Waals surface area contributed by atoms with Gasteiger partial charge in [0.2, 0.25) is 11.8 Å². The van der Waals surface area contributed by atoms with Crippen molar-refractivity contribution in [2.75, 3.05) is 76.6 Å². The summed E-state index contributed by atoms with van der Waals surface area (Å²) in [7, 11) is 9.78. The Kier molecular flexibility index (Phi) is 18.0. The molecule has 24 heteroatoms. The number of anilines is 4. The van der Waals surface area contributed by atoms with Crippen LogP contribution < -0.4 is 26.7 Å². The van der Waals surface area contributed by atoms with Gasteiger partial charge in [0.1, 0.15) is 33.7 Å². The highest BCUT2D eigenvalue weighted by Crippen LogP contribution is 2.32. The average molecular weight is 1100 g/mol. The van der Waals surface area contributed by atoms with E-state index in [-0.39, 0.29) is 11.8 Å². The molecule has 2 amide bonds. The van der Waals surface area contributed by atoms with E-state index in [2.05, 4.69) is 57.6 Å². The Hall–Kier alpha value is -6.93. The number of nitrogens with two attached hydrogens (primary N) is 2. The van der Waals surface area contributed by atoms with Crippen LogP contribution in [0.3, 0.4) is 0 Å². The van der Waals surface area contributed by atoms with Crippen LogP contribution in [0, 0.1) is 3.70 Å². The lowest BCUT2D eigenvalue weighted by Gasteiger charge is -2.15. The zero-order valence-electron chi connectivity index (χ0n) is 38.8. The molecule has 0 spiro atoms. The number of nitrogen functional groups attached to an aromatic ring is 2. The first kappa shape index (κ1) is 52.4. The van der Waals surface area contributed by atoms with Gasteiger partial charge < -0.3 is 41.1 Å². The van der Waals surface area contributed by atoms with Gasteiger partial charge in [0, 0.05) is 54.9 Å². The molecule has 20 nitrogen and oxygen atoms in total. The van der Waals surface area contributed by atoms with Crippen LogP contribution in [0.4, 0.5) is 23.0 Å². The van der Waals surface area contributed by atoms with Crippen molar-refractivity contribution in [2.45, 2.75) is 0 Å². The number of aromatic nitrogens is 10. The molecule has 0 unspecified atom stereocenters. The van der Waals surface area contributed by atoms with E-state index in [9.17, 15) is 9.59 Å². The number of hydrogen-bond acceptors (Lipinski definition) is 16. The molecule has 0 aliphatic rings. The van der Waals surface area contributed by atoms with Crippen LogP contribution in [0.2, 0.25) is 10.0 Å². The third kappa shape index (κ3) is 13.2. The highest BCUT2D eigenvalue weighted by molar-refractivity contribution is 14.1.